The number of hydrogen-bond donors (Lipinski definition) is 2. The Morgan fingerprint density at radius 2 is 1.82 bits per heavy atom. The van der Waals surface area contributed by atoms with Crippen LogP contribution in [0.1, 0.15) is 36.8 Å². The van der Waals surface area contributed by atoms with Gasteiger partial charge in [-0.3, -0.25) is 9.59 Å². The zero-order valence-electron chi connectivity index (χ0n) is 19.7. The molecule has 1 aliphatic rings. The Balaban J connectivity index is 1.52. The molecule has 2 atom stereocenters. The molecule has 8 heteroatoms. The summed E-state index contributed by atoms with van der Waals surface area (Å²) in [4.78, 5) is 31.6. The van der Waals surface area contributed by atoms with E-state index >= 15 is 0 Å². The topological polar surface area (TPSA) is 92.8 Å². The first-order valence-electron chi connectivity index (χ1n) is 11.4. The molecule has 33 heavy (non-hydrogen) atoms. The molecule has 1 saturated heterocycles. The van der Waals surface area contributed by atoms with Gasteiger partial charge < -0.3 is 25.0 Å². The van der Waals surface area contributed by atoms with Gasteiger partial charge in [0.25, 0.3) is 0 Å². The molecule has 2 amide bonds. The van der Waals surface area contributed by atoms with Crippen molar-refractivity contribution in [2.24, 2.45) is 5.92 Å². The highest BCUT2D eigenvalue weighted by atomic mass is 16.5. The smallest absolute Gasteiger partial charge is 0.223 e. The molecule has 2 heterocycles. The number of ether oxygens (including phenoxy) is 2. The standard InChI is InChI=1S/C25H34N4O4/c1-29-17-21(26-15-19-9-12-23(33-3)27-16-19)6-4-5-20(13-24(29)30)25(31)28-14-18-7-10-22(32-2)11-8-18/h7-12,16,20-21,26H,4-6,13-15,17H2,1-3H3,(H,28,31). The maximum absolute atomic E-state index is 12.8. The second-order valence-electron chi connectivity index (χ2n) is 8.46. The summed E-state index contributed by atoms with van der Waals surface area (Å²) >= 11 is 0. The van der Waals surface area contributed by atoms with Gasteiger partial charge in [0.2, 0.25) is 17.7 Å². The molecular formula is C25H34N4O4. The van der Waals surface area contributed by atoms with E-state index in [0.29, 0.717) is 31.9 Å². The van der Waals surface area contributed by atoms with Gasteiger partial charge in [0.05, 0.1) is 14.2 Å². The maximum atomic E-state index is 12.8. The Kier molecular flexibility index (Phi) is 9.06. The van der Waals surface area contributed by atoms with E-state index in [1.165, 1.54) is 0 Å². The molecule has 0 radical (unpaired) electrons. The average molecular weight is 455 g/mol. The number of nitrogens with one attached hydrogen (secondary N) is 2. The average Bonchev–Trinajstić information content (AvgIpc) is 2.91. The van der Waals surface area contributed by atoms with Gasteiger partial charge in [-0.05, 0) is 36.1 Å². The summed E-state index contributed by atoms with van der Waals surface area (Å²) in [6, 6.07) is 11.6. The number of hydrogen-bond acceptors (Lipinski definition) is 6. The zero-order chi connectivity index (χ0) is 23.6. The van der Waals surface area contributed by atoms with Crippen molar-refractivity contribution in [3.05, 3.63) is 53.7 Å². The third kappa shape index (κ3) is 7.46. The van der Waals surface area contributed by atoms with Crippen molar-refractivity contribution in [3.8, 4) is 11.6 Å². The molecule has 1 fully saturated rings. The quantitative estimate of drug-likeness (QED) is 0.637. The molecular weight excluding hydrogens is 420 g/mol. The van der Waals surface area contributed by atoms with Gasteiger partial charge in [-0.1, -0.05) is 24.6 Å². The third-order valence-electron chi connectivity index (χ3n) is 6.04. The summed E-state index contributed by atoms with van der Waals surface area (Å²) < 4.78 is 10.3. The highest BCUT2D eigenvalue weighted by molar-refractivity contribution is 5.85. The van der Waals surface area contributed by atoms with E-state index in [4.69, 9.17) is 9.47 Å². The van der Waals surface area contributed by atoms with E-state index < -0.39 is 0 Å². The lowest BCUT2D eigenvalue weighted by Crippen LogP contribution is -2.41. The van der Waals surface area contributed by atoms with Crippen LogP contribution in [0.3, 0.4) is 0 Å². The summed E-state index contributed by atoms with van der Waals surface area (Å²) in [5.41, 5.74) is 2.05. The molecule has 0 bridgehead atoms. The maximum Gasteiger partial charge on any atom is 0.223 e. The first-order valence-corrected chi connectivity index (χ1v) is 11.4. The van der Waals surface area contributed by atoms with Crippen LogP contribution < -0.4 is 20.1 Å². The fourth-order valence-electron chi connectivity index (χ4n) is 3.97. The number of methoxy groups -OCH3 is 2. The van der Waals surface area contributed by atoms with Crippen molar-refractivity contribution < 1.29 is 19.1 Å². The fourth-order valence-corrected chi connectivity index (χ4v) is 3.97. The minimum Gasteiger partial charge on any atom is -0.497 e. The van der Waals surface area contributed by atoms with Crippen molar-refractivity contribution in [2.45, 2.75) is 44.8 Å². The molecule has 0 aliphatic carbocycles. The molecule has 178 valence electrons. The van der Waals surface area contributed by atoms with Gasteiger partial charge in [-0.25, -0.2) is 4.98 Å². The van der Waals surface area contributed by atoms with E-state index in [9.17, 15) is 9.59 Å². The number of pyridine rings is 1. The zero-order valence-corrected chi connectivity index (χ0v) is 19.7. The van der Waals surface area contributed by atoms with Crippen LogP contribution in [-0.2, 0) is 22.7 Å². The predicted octanol–water partition coefficient (Wildman–Crippen LogP) is 2.52. The number of carbonyl (C=O) groups is 2. The fraction of sp³-hybridized carbons (Fsp3) is 0.480. The highest BCUT2D eigenvalue weighted by Gasteiger charge is 2.27. The summed E-state index contributed by atoms with van der Waals surface area (Å²) in [6.45, 7) is 1.71. The van der Waals surface area contributed by atoms with E-state index in [0.717, 1.165) is 29.7 Å². The largest absolute Gasteiger partial charge is 0.497 e. The third-order valence-corrected chi connectivity index (χ3v) is 6.04. The van der Waals surface area contributed by atoms with Crippen molar-refractivity contribution in [3.63, 3.8) is 0 Å². The molecule has 2 aromatic rings. The molecule has 1 aromatic carbocycles. The molecule has 0 saturated carbocycles. The first kappa shape index (κ1) is 24.5. The van der Waals surface area contributed by atoms with Crippen molar-refractivity contribution in [1.29, 1.82) is 0 Å². The lowest BCUT2D eigenvalue weighted by molar-refractivity contribution is -0.135. The molecule has 1 aliphatic heterocycles. The molecule has 0 spiro atoms. The van der Waals surface area contributed by atoms with Gasteiger partial charge in [-0.15, -0.1) is 0 Å². The van der Waals surface area contributed by atoms with Gasteiger partial charge in [0.1, 0.15) is 5.75 Å². The van der Waals surface area contributed by atoms with Gasteiger partial charge in [0, 0.05) is 57.3 Å². The lowest BCUT2D eigenvalue weighted by atomic mass is 9.96. The Morgan fingerprint density at radius 1 is 1.06 bits per heavy atom. The number of rotatable bonds is 8. The van der Waals surface area contributed by atoms with E-state index in [2.05, 4.69) is 15.6 Å². The van der Waals surface area contributed by atoms with Crippen molar-refractivity contribution in [1.82, 2.24) is 20.5 Å². The number of amides is 2. The van der Waals surface area contributed by atoms with Crippen molar-refractivity contribution in [2.75, 3.05) is 27.8 Å². The Labute approximate surface area is 195 Å². The van der Waals surface area contributed by atoms with E-state index in [-0.39, 0.29) is 30.2 Å². The van der Waals surface area contributed by atoms with Gasteiger partial charge in [-0.2, -0.15) is 0 Å². The van der Waals surface area contributed by atoms with Crippen LogP contribution in [0.5, 0.6) is 11.6 Å². The molecule has 1 aromatic heterocycles. The molecule has 8 nitrogen and oxygen atoms in total. The number of likely N-dealkylation sites (N-methyl/N-ethyl adjacent to an activating group) is 1. The summed E-state index contributed by atoms with van der Waals surface area (Å²) in [6.07, 6.45) is 4.49. The summed E-state index contributed by atoms with van der Waals surface area (Å²) in [7, 11) is 5.03. The lowest BCUT2D eigenvalue weighted by Gasteiger charge is -2.24. The van der Waals surface area contributed by atoms with E-state index in [1.807, 2.05) is 43.4 Å². The Hall–Kier alpha value is -3.13. The number of benzene rings is 1. The van der Waals surface area contributed by atoms with Crippen LogP contribution in [-0.4, -0.2) is 55.6 Å². The first-order chi connectivity index (χ1) is 16.0. The second-order valence-corrected chi connectivity index (χ2v) is 8.46. The molecule has 3 rings (SSSR count). The van der Waals surface area contributed by atoms with Crippen LogP contribution in [0.2, 0.25) is 0 Å². The minimum atomic E-state index is -0.317. The minimum absolute atomic E-state index is 0.000545. The van der Waals surface area contributed by atoms with Crippen LogP contribution in [0.15, 0.2) is 42.6 Å². The monoisotopic (exact) mass is 454 g/mol. The van der Waals surface area contributed by atoms with Gasteiger partial charge >= 0.3 is 0 Å². The number of carbonyl (C=O) groups excluding carboxylic acids is 2. The van der Waals surface area contributed by atoms with Crippen molar-refractivity contribution >= 4 is 11.8 Å². The highest BCUT2D eigenvalue weighted by Crippen LogP contribution is 2.20. The Bertz CT molecular complexity index is 902. The number of aromatic nitrogens is 1. The predicted molar refractivity (Wildman–Crippen MR) is 126 cm³/mol. The Morgan fingerprint density at radius 3 is 2.48 bits per heavy atom. The SMILES string of the molecule is COc1ccc(CNC(=O)C2CCCC(NCc3ccc(OC)nc3)CN(C)C(=O)C2)cc1. The molecule has 2 N–H and O–H groups in total. The summed E-state index contributed by atoms with van der Waals surface area (Å²) in [5.74, 6) is 0.981. The molecule has 2 unspecified atom stereocenters. The second kappa shape index (κ2) is 12.2. The van der Waals surface area contributed by atoms with Crippen LogP contribution in [0.25, 0.3) is 0 Å². The van der Waals surface area contributed by atoms with Crippen LogP contribution in [0, 0.1) is 5.92 Å². The summed E-state index contributed by atoms with van der Waals surface area (Å²) in [5, 5.41) is 6.53. The van der Waals surface area contributed by atoms with Gasteiger partial charge in [0.15, 0.2) is 0 Å². The van der Waals surface area contributed by atoms with Crippen LogP contribution >= 0.6 is 0 Å². The normalized spacial score (nSPS) is 19.2. The number of nitrogens with zero attached hydrogens (tertiary/aromatic N) is 2. The van der Waals surface area contributed by atoms with E-state index in [1.54, 1.807) is 25.3 Å². The van der Waals surface area contributed by atoms with Crippen LogP contribution in [0.4, 0.5) is 0 Å².